The topological polar surface area (TPSA) is 83.6 Å². The standard InChI is InChI=1S/C13H15ClN2O3/c1-2-16(8-12(15)17)11-5-4-10(14)7-9(11)3-6-13(18)19/h3-7H,2,8H2,1H3,(H2,15,17)(H,18,19)/b6-3+. The number of hydrogen-bond donors (Lipinski definition) is 2. The van der Waals surface area contributed by atoms with Crippen LogP contribution in [-0.4, -0.2) is 30.1 Å². The maximum Gasteiger partial charge on any atom is 0.328 e. The Balaban J connectivity index is 3.17. The van der Waals surface area contributed by atoms with Gasteiger partial charge in [0.15, 0.2) is 0 Å². The Hall–Kier alpha value is -2.01. The van der Waals surface area contributed by atoms with Gasteiger partial charge in [0.05, 0.1) is 6.54 Å². The van der Waals surface area contributed by atoms with E-state index in [9.17, 15) is 9.59 Å². The summed E-state index contributed by atoms with van der Waals surface area (Å²) in [6.07, 6.45) is 2.46. The fraction of sp³-hybridized carbons (Fsp3) is 0.231. The second-order valence-electron chi connectivity index (χ2n) is 3.86. The number of likely N-dealkylation sites (N-methyl/N-ethyl adjacent to an activating group) is 1. The SMILES string of the molecule is CCN(CC(N)=O)c1ccc(Cl)cc1/C=C/C(=O)O. The van der Waals surface area contributed by atoms with E-state index in [0.717, 1.165) is 6.08 Å². The third-order valence-corrected chi connectivity index (χ3v) is 2.70. The van der Waals surface area contributed by atoms with Crippen LogP contribution in [0.2, 0.25) is 5.02 Å². The molecule has 5 nitrogen and oxygen atoms in total. The summed E-state index contributed by atoms with van der Waals surface area (Å²) in [5.41, 5.74) is 6.52. The molecule has 102 valence electrons. The number of nitrogens with zero attached hydrogens (tertiary/aromatic N) is 1. The van der Waals surface area contributed by atoms with Crippen LogP contribution in [0, 0.1) is 0 Å². The Labute approximate surface area is 116 Å². The summed E-state index contributed by atoms with van der Waals surface area (Å²) in [5.74, 6) is -1.51. The average Bonchev–Trinajstić information content (AvgIpc) is 2.33. The minimum absolute atomic E-state index is 0.0616. The van der Waals surface area contributed by atoms with Crippen molar-refractivity contribution in [1.82, 2.24) is 0 Å². The summed E-state index contributed by atoms with van der Waals surface area (Å²) >= 11 is 5.89. The van der Waals surface area contributed by atoms with Crippen LogP contribution in [0.3, 0.4) is 0 Å². The molecule has 0 saturated heterocycles. The van der Waals surface area contributed by atoms with Gasteiger partial charge in [0, 0.05) is 23.3 Å². The third kappa shape index (κ3) is 4.63. The van der Waals surface area contributed by atoms with Crippen molar-refractivity contribution in [2.24, 2.45) is 5.73 Å². The van der Waals surface area contributed by atoms with Crippen LogP contribution in [-0.2, 0) is 9.59 Å². The number of hydrogen-bond acceptors (Lipinski definition) is 3. The highest BCUT2D eigenvalue weighted by Crippen LogP contribution is 2.25. The maximum absolute atomic E-state index is 11.0. The second-order valence-corrected chi connectivity index (χ2v) is 4.29. The number of rotatable bonds is 6. The van der Waals surface area contributed by atoms with Gasteiger partial charge in [-0.25, -0.2) is 4.79 Å². The first-order valence-corrected chi connectivity index (χ1v) is 6.05. The molecule has 0 spiro atoms. The number of carboxylic acid groups (broad SMARTS) is 1. The van der Waals surface area contributed by atoms with E-state index in [-0.39, 0.29) is 6.54 Å². The molecule has 0 unspecified atom stereocenters. The van der Waals surface area contributed by atoms with E-state index in [0.29, 0.717) is 22.8 Å². The zero-order valence-corrected chi connectivity index (χ0v) is 11.2. The molecular formula is C13H15ClN2O3. The number of nitrogens with two attached hydrogens (primary N) is 1. The highest BCUT2D eigenvalue weighted by molar-refractivity contribution is 6.30. The summed E-state index contributed by atoms with van der Waals surface area (Å²) in [7, 11) is 0. The van der Waals surface area contributed by atoms with Gasteiger partial charge in [0.2, 0.25) is 5.91 Å². The van der Waals surface area contributed by atoms with Gasteiger partial charge in [-0.1, -0.05) is 11.6 Å². The zero-order chi connectivity index (χ0) is 14.4. The number of anilines is 1. The van der Waals surface area contributed by atoms with Gasteiger partial charge in [-0.3, -0.25) is 4.79 Å². The zero-order valence-electron chi connectivity index (χ0n) is 10.5. The lowest BCUT2D eigenvalue weighted by molar-refractivity contribution is -0.131. The first-order chi connectivity index (χ1) is 8.93. The fourth-order valence-electron chi connectivity index (χ4n) is 1.66. The normalized spacial score (nSPS) is 10.6. The van der Waals surface area contributed by atoms with Crippen LogP contribution in [0.5, 0.6) is 0 Å². The van der Waals surface area contributed by atoms with Crippen molar-refractivity contribution in [2.75, 3.05) is 18.0 Å². The number of halogens is 1. The fourth-order valence-corrected chi connectivity index (χ4v) is 1.84. The molecule has 0 heterocycles. The van der Waals surface area contributed by atoms with Crippen LogP contribution in [0.1, 0.15) is 12.5 Å². The van der Waals surface area contributed by atoms with E-state index in [1.807, 2.05) is 6.92 Å². The molecule has 1 amide bonds. The van der Waals surface area contributed by atoms with Crippen LogP contribution in [0.4, 0.5) is 5.69 Å². The Morgan fingerprint density at radius 1 is 1.47 bits per heavy atom. The Morgan fingerprint density at radius 3 is 2.68 bits per heavy atom. The second kappa shape index (κ2) is 6.80. The van der Waals surface area contributed by atoms with Crippen molar-refractivity contribution in [1.29, 1.82) is 0 Å². The van der Waals surface area contributed by atoms with Gasteiger partial charge in [-0.15, -0.1) is 0 Å². The van der Waals surface area contributed by atoms with Crippen LogP contribution >= 0.6 is 11.6 Å². The van der Waals surface area contributed by atoms with Crippen molar-refractivity contribution in [3.05, 3.63) is 34.9 Å². The van der Waals surface area contributed by atoms with Gasteiger partial charge in [-0.05, 0) is 36.8 Å². The summed E-state index contributed by atoms with van der Waals surface area (Å²) < 4.78 is 0. The molecular weight excluding hydrogens is 268 g/mol. The van der Waals surface area contributed by atoms with E-state index >= 15 is 0 Å². The van der Waals surface area contributed by atoms with Crippen LogP contribution in [0.15, 0.2) is 24.3 Å². The molecule has 0 saturated carbocycles. The molecule has 1 aromatic rings. The van der Waals surface area contributed by atoms with Crippen molar-refractivity contribution in [3.8, 4) is 0 Å². The highest BCUT2D eigenvalue weighted by Gasteiger charge is 2.11. The van der Waals surface area contributed by atoms with Crippen LogP contribution < -0.4 is 10.6 Å². The van der Waals surface area contributed by atoms with Gasteiger partial charge < -0.3 is 15.7 Å². The third-order valence-electron chi connectivity index (χ3n) is 2.46. The first-order valence-electron chi connectivity index (χ1n) is 5.67. The minimum Gasteiger partial charge on any atom is -0.478 e. The molecule has 0 bridgehead atoms. The highest BCUT2D eigenvalue weighted by atomic mass is 35.5. The molecule has 0 atom stereocenters. The number of primary amides is 1. The number of aliphatic carboxylic acids is 1. The maximum atomic E-state index is 11.0. The van der Waals surface area contributed by atoms with E-state index in [4.69, 9.17) is 22.4 Å². The molecule has 6 heteroatoms. The molecule has 1 rings (SSSR count). The van der Waals surface area contributed by atoms with Crippen molar-refractivity contribution in [2.45, 2.75) is 6.92 Å². The predicted molar refractivity (Wildman–Crippen MR) is 75.2 cm³/mol. The Bertz CT molecular complexity index is 515. The molecule has 0 aliphatic rings. The lowest BCUT2D eigenvalue weighted by Crippen LogP contribution is -2.34. The summed E-state index contributed by atoms with van der Waals surface area (Å²) in [6.45, 7) is 2.51. The summed E-state index contributed by atoms with van der Waals surface area (Å²) in [4.78, 5) is 23.4. The van der Waals surface area contributed by atoms with Gasteiger partial charge in [0.25, 0.3) is 0 Å². The van der Waals surface area contributed by atoms with Gasteiger partial charge >= 0.3 is 5.97 Å². The number of carbonyl (C=O) groups is 2. The Morgan fingerprint density at radius 2 is 2.16 bits per heavy atom. The quantitative estimate of drug-likeness (QED) is 0.779. The molecule has 0 radical (unpaired) electrons. The van der Waals surface area contributed by atoms with Crippen molar-refractivity contribution < 1.29 is 14.7 Å². The molecule has 0 aliphatic carbocycles. The van der Waals surface area contributed by atoms with Gasteiger partial charge in [-0.2, -0.15) is 0 Å². The monoisotopic (exact) mass is 282 g/mol. The van der Waals surface area contributed by atoms with Crippen LogP contribution in [0.25, 0.3) is 6.08 Å². The van der Waals surface area contributed by atoms with E-state index in [1.165, 1.54) is 6.08 Å². The number of amides is 1. The summed E-state index contributed by atoms with van der Waals surface area (Å²) in [6, 6.07) is 5.05. The lowest BCUT2D eigenvalue weighted by Gasteiger charge is -2.23. The average molecular weight is 283 g/mol. The van der Waals surface area contributed by atoms with Gasteiger partial charge in [0.1, 0.15) is 0 Å². The molecule has 19 heavy (non-hydrogen) atoms. The van der Waals surface area contributed by atoms with Crippen molar-refractivity contribution >= 4 is 35.2 Å². The summed E-state index contributed by atoms with van der Waals surface area (Å²) in [5, 5.41) is 9.16. The number of benzene rings is 1. The minimum atomic E-state index is -1.05. The lowest BCUT2D eigenvalue weighted by atomic mass is 10.1. The largest absolute Gasteiger partial charge is 0.478 e. The molecule has 1 aromatic carbocycles. The van der Waals surface area contributed by atoms with E-state index in [1.54, 1.807) is 23.1 Å². The molecule has 0 aromatic heterocycles. The van der Waals surface area contributed by atoms with Crippen molar-refractivity contribution in [3.63, 3.8) is 0 Å². The predicted octanol–water partition coefficient (Wildman–Crippen LogP) is 1.75. The molecule has 3 N–H and O–H groups in total. The molecule has 0 aliphatic heterocycles. The number of carboxylic acids is 1. The Kier molecular flexibility index (Phi) is 5.38. The first kappa shape index (κ1) is 15.0. The number of carbonyl (C=O) groups excluding carboxylic acids is 1. The smallest absolute Gasteiger partial charge is 0.328 e. The van der Waals surface area contributed by atoms with E-state index in [2.05, 4.69) is 0 Å². The van der Waals surface area contributed by atoms with E-state index < -0.39 is 11.9 Å². The molecule has 0 fully saturated rings.